The van der Waals surface area contributed by atoms with E-state index in [1.807, 2.05) is 0 Å². The van der Waals surface area contributed by atoms with Gasteiger partial charge in [0.05, 0.1) is 7.05 Å². The Morgan fingerprint density at radius 1 is 1.29 bits per heavy atom. The molecule has 0 saturated heterocycles. The molecule has 0 amide bonds. The first kappa shape index (κ1) is 16.3. The maximum Gasteiger partial charge on any atom is 0.573 e. The third kappa shape index (κ3) is 3.91. The van der Waals surface area contributed by atoms with Gasteiger partial charge in [-0.15, -0.1) is 25.6 Å². The van der Waals surface area contributed by atoms with Crippen LogP contribution in [0.3, 0.4) is 0 Å². The fraction of sp³-hybridized carbons (Fsp3) is 0.222. The zero-order valence-electron chi connectivity index (χ0n) is 8.58. The van der Waals surface area contributed by atoms with Gasteiger partial charge in [-0.1, -0.05) is 0 Å². The molecule has 2 aromatic rings. The molecule has 0 atom stereocenters. The number of nitrogens with zero attached hydrogens (tertiary/aromatic N) is 1. The predicted molar refractivity (Wildman–Crippen MR) is 53.4 cm³/mol. The van der Waals surface area contributed by atoms with Crippen molar-refractivity contribution in [1.82, 2.24) is 4.98 Å². The highest BCUT2D eigenvalue weighted by Crippen LogP contribution is 2.24. The number of H-pyrrole nitrogens is 1. The van der Waals surface area contributed by atoms with Crippen LogP contribution in [0.15, 0.2) is 24.5 Å². The maximum absolute atomic E-state index is 11.9. The topological polar surface area (TPSA) is 28.9 Å². The van der Waals surface area contributed by atoms with Gasteiger partial charge < -0.3 is 28.7 Å². The fourth-order valence-corrected chi connectivity index (χ4v) is 1.37. The highest BCUT2D eigenvalue weighted by molar-refractivity contribution is 5.85. The molecule has 0 radical (unpaired) electrons. The summed E-state index contributed by atoms with van der Waals surface area (Å²) in [4.78, 5) is 2.83. The summed E-state index contributed by atoms with van der Waals surface area (Å²) in [5, 5.41) is 0. The molecule has 1 aromatic heterocycles. The van der Waals surface area contributed by atoms with Gasteiger partial charge in [-0.3, -0.25) is 0 Å². The molecular formula is C9H9ClF3IN2O. The van der Waals surface area contributed by atoms with Crippen LogP contribution >= 0.6 is 12.4 Å². The molecule has 1 heterocycles. The van der Waals surface area contributed by atoms with Gasteiger partial charge in [0.25, 0.3) is 0 Å². The van der Waals surface area contributed by atoms with Crippen LogP contribution in [0.5, 0.6) is 5.75 Å². The average molecular weight is 381 g/mol. The van der Waals surface area contributed by atoms with Crippen LogP contribution in [-0.2, 0) is 7.05 Å². The summed E-state index contributed by atoms with van der Waals surface area (Å²) >= 11 is 0. The van der Waals surface area contributed by atoms with Gasteiger partial charge in [-0.25, -0.2) is 9.55 Å². The van der Waals surface area contributed by atoms with E-state index in [-0.39, 0.29) is 42.1 Å². The van der Waals surface area contributed by atoms with Crippen molar-refractivity contribution in [1.29, 1.82) is 0 Å². The molecule has 0 fully saturated rings. The summed E-state index contributed by atoms with van der Waals surface area (Å²) < 4.78 is 41.3. The van der Waals surface area contributed by atoms with Crippen molar-refractivity contribution < 1.29 is 46.5 Å². The summed E-state index contributed by atoms with van der Waals surface area (Å²) in [5.41, 5.74) is 1.41. The van der Waals surface area contributed by atoms with Gasteiger partial charge in [-0.2, -0.15) is 0 Å². The quantitative estimate of drug-likeness (QED) is 0.515. The number of alkyl halides is 3. The van der Waals surface area contributed by atoms with Crippen LogP contribution in [0.4, 0.5) is 13.2 Å². The average Bonchev–Trinajstić information content (AvgIpc) is 2.45. The minimum Gasteiger partial charge on any atom is -1.00 e. The molecule has 2 rings (SSSR count). The molecule has 0 aliphatic carbocycles. The van der Waals surface area contributed by atoms with Crippen LogP contribution in [0, 0.1) is 0 Å². The molecule has 0 bridgehead atoms. The summed E-state index contributed by atoms with van der Waals surface area (Å²) in [6.07, 6.45) is -3.00. The summed E-state index contributed by atoms with van der Waals surface area (Å²) in [5.74, 6) is -0.225. The number of aromatic amines is 1. The van der Waals surface area contributed by atoms with Gasteiger partial charge in [-0.05, 0) is 12.1 Å². The first-order valence-electron chi connectivity index (χ1n) is 4.18. The van der Waals surface area contributed by atoms with Crippen molar-refractivity contribution in [3.63, 3.8) is 0 Å². The Hall–Kier alpha value is -0.700. The van der Waals surface area contributed by atoms with Crippen LogP contribution in [0.25, 0.3) is 11.0 Å². The Morgan fingerprint density at radius 3 is 2.53 bits per heavy atom. The van der Waals surface area contributed by atoms with E-state index < -0.39 is 6.36 Å². The first-order valence-corrected chi connectivity index (χ1v) is 4.18. The Kier molecular flexibility index (Phi) is 5.53. The van der Waals surface area contributed by atoms with E-state index in [9.17, 15) is 13.2 Å². The van der Waals surface area contributed by atoms with E-state index in [1.165, 1.54) is 12.1 Å². The molecule has 0 unspecified atom stereocenters. The number of nitrogens with one attached hydrogen (secondary N) is 1. The number of imidazole rings is 1. The SMILES string of the molecule is C[n+]1c[nH]c2cc(OC(F)(F)F)ccc21.Cl.[I-]. The molecule has 8 heteroatoms. The molecule has 0 aliphatic heterocycles. The monoisotopic (exact) mass is 380 g/mol. The minimum absolute atomic E-state index is 0. The van der Waals surface area contributed by atoms with Crippen molar-refractivity contribution in [2.24, 2.45) is 7.05 Å². The lowest BCUT2D eigenvalue weighted by Gasteiger charge is -2.07. The standard InChI is InChI=1S/C9H7F3N2O.ClH.HI/c1-14-5-13-7-4-6(2-3-8(7)14)15-9(10,11)12;;/h2-5H,1H3;2*1H. The smallest absolute Gasteiger partial charge is 0.573 e. The van der Waals surface area contributed by atoms with E-state index in [4.69, 9.17) is 0 Å². The fourth-order valence-electron chi connectivity index (χ4n) is 1.37. The molecule has 0 spiro atoms. The lowest BCUT2D eigenvalue weighted by Crippen LogP contribution is -3.00. The number of hydrogen-bond acceptors (Lipinski definition) is 1. The zero-order valence-corrected chi connectivity index (χ0v) is 11.6. The third-order valence-electron chi connectivity index (χ3n) is 2.00. The van der Waals surface area contributed by atoms with Crippen molar-refractivity contribution in [3.8, 4) is 5.75 Å². The van der Waals surface area contributed by atoms with E-state index in [1.54, 1.807) is 24.0 Å². The Balaban J connectivity index is 0.00000128. The molecule has 1 N–H and O–H groups in total. The number of fused-ring (bicyclic) bond motifs is 1. The number of halogens is 5. The second-order valence-corrected chi connectivity index (χ2v) is 3.11. The van der Waals surface area contributed by atoms with E-state index in [0.717, 1.165) is 5.52 Å². The summed E-state index contributed by atoms with van der Waals surface area (Å²) in [6.45, 7) is 0. The number of benzene rings is 1. The molecule has 96 valence electrons. The molecule has 0 aliphatic rings. The van der Waals surface area contributed by atoms with Crippen LogP contribution in [-0.4, -0.2) is 11.3 Å². The Morgan fingerprint density at radius 2 is 1.94 bits per heavy atom. The third-order valence-corrected chi connectivity index (χ3v) is 2.00. The van der Waals surface area contributed by atoms with Crippen LogP contribution in [0.1, 0.15) is 0 Å². The highest BCUT2D eigenvalue weighted by Gasteiger charge is 2.31. The maximum atomic E-state index is 11.9. The Bertz CT molecular complexity index is 500. The zero-order chi connectivity index (χ0) is 11.1. The largest absolute Gasteiger partial charge is 1.00 e. The van der Waals surface area contributed by atoms with Crippen molar-refractivity contribution in [2.75, 3.05) is 0 Å². The molecule has 3 nitrogen and oxygen atoms in total. The number of aryl methyl sites for hydroxylation is 1. The highest BCUT2D eigenvalue weighted by atomic mass is 127. The van der Waals surface area contributed by atoms with Gasteiger partial charge in [0, 0.05) is 6.07 Å². The first-order chi connectivity index (χ1) is 6.96. The molecular weight excluding hydrogens is 371 g/mol. The number of ether oxygens (including phenoxy) is 1. The van der Waals surface area contributed by atoms with Crippen LogP contribution < -0.4 is 33.3 Å². The lowest BCUT2D eigenvalue weighted by molar-refractivity contribution is -0.644. The Labute approximate surface area is 118 Å². The second kappa shape index (κ2) is 5.76. The molecule has 17 heavy (non-hydrogen) atoms. The van der Waals surface area contributed by atoms with E-state index >= 15 is 0 Å². The van der Waals surface area contributed by atoms with Crippen LogP contribution in [0.2, 0.25) is 0 Å². The van der Waals surface area contributed by atoms with Gasteiger partial charge in [0.2, 0.25) is 6.33 Å². The number of hydrogen-bond donors (Lipinski definition) is 1. The summed E-state index contributed by atoms with van der Waals surface area (Å²) in [7, 11) is 1.79. The van der Waals surface area contributed by atoms with Gasteiger partial charge in [0.15, 0.2) is 11.0 Å². The van der Waals surface area contributed by atoms with Crippen molar-refractivity contribution in [3.05, 3.63) is 24.5 Å². The molecule has 0 saturated carbocycles. The number of aromatic nitrogens is 2. The lowest BCUT2D eigenvalue weighted by atomic mass is 10.3. The van der Waals surface area contributed by atoms with E-state index in [0.29, 0.717) is 5.52 Å². The van der Waals surface area contributed by atoms with Gasteiger partial charge in [0.1, 0.15) is 5.75 Å². The minimum atomic E-state index is -4.65. The van der Waals surface area contributed by atoms with Crippen molar-refractivity contribution >= 4 is 23.4 Å². The van der Waals surface area contributed by atoms with Crippen molar-refractivity contribution in [2.45, 2.75) is 6.36 Å². The van der Waals surface area contributed by atoms with Gasteiger partial charge >= 0.3 is 6.36 Å². The second-order valence-electron chi connectivity index (χ2n) is 3.11. The summed E-state index contributed by atoms with van der Waals surface area (Å²) in [6, 6.07) is 4.15. The predicted octanol–water partition coefficient (Wildman–Crippen LogP) is -0.683. The number of rotatable bonds is 1. The normalized spacial score (nSPS) is 10.6. The van der Waals surface area contributed by atoms with E-state index in [2.05, 4.69) is 9.72 Å². The molecule has 1 aromatic carbocycles.